The summed E-state index contributed by atoms with van der Waals surface area (Å²) in [6.07, 6.45) is -1.82. The van der Waals surface area contributed by atoms with Gasteiger partial charge in [0.25, 0.3) is 0 Å². The quantitative estimate of drug-likeness (QED) is 0.562. The number of ether oxygens (including phenoxy) is 4. The summed E-state index contributed by atoms with van der Waals surface area (Å²) in [6.45, 7) is 3.82. The van der Waals surface area contributed by atoms with Crippen LogP contribution < -0.4 is 0 Å². The minimum Gasteiger partial charge on any atom is -0.435 e. The molecule has 0 aliphatic carbocycles. The van der Waals surface area contributed by atoms with Crippen LogP contribution in [-0.4, -0.2) is 41.4 Å². The topological polar surface area (TPSA) is 71.1 Å². The lowest BCUT2D eigenvalue weighted by atomic mass is 10.1. The first-order valence-corrected chi connectivity index (χ1v) is 10.7. The highest BCUT2D eigenvalue weighted by Gasteiger charge is 2.48. The van der Waals surface area contributed by atoms with E-state index in [4.69, 9.17) is 18.9 Å². The van der Waals surface area contributed by atoms with Crippen LogP contribution in [0.25, 0.3) is 0 Å². The molecule has 1 aliphatic heterocycles. The largest absolute Gasteiger partial charge is 0.435 e. The maximum absolute atomic E-state index is 11.8. The lowest BCUT2D eigenvalue weighted by Crippen LogP contribution is -2.36. The molecule has 0 bridgehead atoms. The van der Waals surface area contributed by atoms with Crippen molar-refractivity contribution in [2.45, 2.75) is 50.8 Å². The Hall–Kier alpha value is -2.19. The molecule has 2 aromatic rings. The smallest absolute Gasteiger partial charge is 0.304 e. The minimum atomic E-state index is -0.873. The van der Waals surface area contributed by atoms with E-state index in [1.165, 1.54) is 13.8 Å². The molecular weight excluding hydrogens is 404 g/mol. The van der Waals surface area contributed by atoms with Crippen LogP contribution in [0.2, 0.25) is 0 Å². The Bertz CT molecular complexity index is 813. The van der Waals surface area contributed by atoms with Crippen molar-refractivity contribution in [2.75, 3.05) is 6.61 Å². The number of carbonyl (C=O) groups excluding carboxylic acids is 2. The molecule has 6 nitrogen and oxygen atoms in total. The number of benzene rings is 2. The molecule has 0 saturated carbocycles. The fourth-order valence-electron chi connectivity index (χ4n) is 3.24. The predicted octanol–water partition coefficient (Wildman–Crippen LogP) is 3.72. The first-order valence-electron chi connectivity index (χ1n) is 9.80. The third-order valence-corrected chi connectivity index (χ3v) is 5.63. The second-order valence-corrected chi connectivity index (χ2v) is 8.34. The molecule has 0 N–H and O–H groups in total. The SMILES string of the molecule is CC(=O)OC1O[C@@H](COCc2ccccc2)[C@H](OCc2ccccc2)[C@@H]1SC(C)=O. The fraction of sp³-hybridized carbons (Fsp3) is 0.391. The summed E-state index contributed by atoms with van der Waals surface area (Å²) in [4.78, 5) is 23.4. The van der Waals surface area contributed by atoms with Gasteiger partial charge in [0.2, 0.25) is 6.29 Å². The first kappa shape index (κ1) is 22.5. The van der Waals surface area contributed by atoms with E-state index in [0.717, 1.165) is 22.9 Å². The summed E-state index contributed by atoms with van der Waals surface area (Å²) in [6, 6.07) is 19.6. The van der Waals surface area contributed by atoms with E-state index in [1.54, 1.807) is 0 Å². The summed E-state index contributed by atoms with van der Waals surface area (Å²) in [7, 11) is 0. The van der Waals surface area contributed by atoms with Gasteiger partial charge in [-0.25, -0.2) is 0 Å². The van der Waals surface area contributed by atoms with Crippen LogP contribution in [0.3, 0.4) is 0 Å². The van der Waals surface area contributed by atoms with Crippen LogP contribution in [0.5, 0.6) is 0 Å². The molecule has 1 unspecified atom stereocenters. The van der Waals surface area contributed by atoms with Gasteiger partial charge in [0.05, 0.1) is 19.8 Å². The van der Waals surface area contributed by atoms with Crippen molar-refractivity contribution >= 4 is 22.8 Å². The number of carbonyl (C=O) groups is 2. The molecule has 2 aromatic carbocycles. The summed E-state index contributed by atoms with van der Waals surface area (Å²) in [5.41, 5.74) is 2.05. The van der Waals surface area contributed by atoms with Crippen molar-refractivity contribution < 1.29 is 28.5 Å². The van der Waals surface area contributed by atoms with E-state index in [-0.39, 0.29) is 11.7 Å². The van der Waals surface area contributed by atoms with Crippen molar-refractivity contribution in [3.8, 4) is 0 Å². The Kier molecular flexibility index (Phi) is 8.45. The molecule has 0 spiro atoms. The molecule has 1 saturated heterocycles. The Balaban J connectivity index is 1.70. The molecular formula is C23H26O6S. The van der Waals surface area contributed by atoms with Gasteiger partial charge in [-0.2, -0.15) is 0 Å². The Morgan fingerprint density at radius 1 is 0.933 bits per heavy atom. The van der Waals surface area contributed by atoms with E-state index in [9.17, 15) is 9.59 Å². The molecule has 30 heavy (non-hydrogen) atoms. The van der Waals surface area contributed by atoms with E-state index < -0.39 is 29.7 Å². The number of hydrogen-bond donors (Lipinski definition) is 0. The van der Waals surface area contributed by atoms with E-state index in [1.807, 2.05) is 60.7 Å². The zero-order valence-corrected chi connectivity index (χ0v) is 17.9. The first-order chi connectivity index (χ1) is 14.5. The van der Waals surface area contributed by atoms with Crippen LogP contribution in [0.1, 0.15) is 25.0 Å². The molecule has 0 aromatic heterocycles. The predicted molar refractivity (Wildman–Crippen MR) is 114 cm³/mol. The average Bonchev–Trinajstić information content (AvgIpc) is 3.03. The Labute approximate surface area is 180 Å². The number of hydrogen-bond acceptors (Lipinski definition) is 7. The van der Waals surface area contributed by atoms with Gasteiger partial charge in [0.15, 0.2) is 5.12 Å². The van der Waals surface area contributed by atoms with Crippen molar-refractivity contribution in [3.05, 3.63) is 71.8 Å². The van der Waals surface area contributed by atoms with Gasteiger partial charge < -0.3 is 18.9 Å². The number of thioether (sulfide) groups is 1. The average molecular weight is 431 g/mol. The fourth-order valence-corrected chi connectivity index (χ4v) is 4.24. The molecule has 160 valence electrons. The summed E-state index contributed by atoms with van der Waals surface area (Å²) < 4.78 is 23.3. The maximum atomic E-state index is 11.8. The number of rotatable bonds is 9. The Morgan fingerprint density at radius 2 is 1.53 bits per heavy atom. The second kappa shape index (κ2) is 11.3. The van der Waals surface area contributed by atoms with Crippen LogP contribution >= 0.6 is 11.8 Å². The van der Waals surface area contributed by atoms with Crippen LogP contribution in [-0.2, 0) is 41.8 Å². The van der Waals surface area contributed by atoms with Gasteiger partial charge in [-0.1, -0.05) is 72.4 Å². The molecule has 1 aliphatic rings. The van der Waals surface area contributed by atoms with Gasteiger partial charge in [-0.05, 0) is 11.1 Å². The Morgan fingerprint density at radius 3 is 2.10 bits per heavy atom. The van der Waals surface area contributed by atoms with Crippen molar-refractivity contribution in [3.63, 3.8) is 0 Å². The van der Waals surface area contributed by atoms with Crippen LogP contribution in [0, 0.1) is 0 Å². The standard InChI is InChI=1S/C23H26O6S/c1-16(24)28-23-22(30-17(2)25)21(27-14-19-11-7-4-8-12-19)20(29-23)15-26-13-18-9-5-3-6-10-18/h3-12,20-23H,13-15H2,1-2H3/t20-,21-,22-,23?/m0/s1. The summed E-state index contributed by atoms with van der Waals surface area (Å²) >= 11 is 1.07. The van der Waals surface area contributed by atoms with E-state index in [0.29, 0.717) is 13.2 Å². The van der Waals surface area contributed by atoms with Crippen molar-refractivity contribution in [1.82, 2.24) is 0 Å². The summed E-state index contributed by atoms with van der Waals surface area (Å²) in [5, 5.41) is -0.569. The zero-order chi connectivity index (χ0) is 21.3. The lowest BCUT2D eigenvalue weighted by molar-refractivity contribution is -0.176. The lowest BCUT2D eigenvalue weighted by Gasteiger charge is -2.23. The molecule has 1 heterocycles. The maximum Gasteiger partial charge on any atom is 0.304 e. The van der Waals surface area contributed by atoms with Crippen molar-refractivity contribution in [2.24, 2.45) is 0 Å². The molecule has 3 rings (SSSR count). The third-order valence-electron chi connectivity index (χ3n) is 4.53. The van der Waals surface area contributed by atoms with Gasteiger partial charge >= 0.3 is 5.97 Å². The molecule has 1 fully saturated rings. The molecule has 7 heteroatoms. The molecule has 0 radical (unpaired) electrons. The van der Waals surface area contributed by atoms with Gasteiger partial charge in [0.1, 0.15) is 17.5 Å². The number of esters is 1. The normalized spacial score (nSPS) is 23.3. The van der Waals surface area contributed by atoms with Gasteiger partial charge in [0, 0.05) is 13.8 Å². The highest BCUT2D eigenvalue weighted by molar-refractivity contribution is 8.14. The third kappa shape index (κ3) is 6.67. The monoisotopic (exact) mass is 430 g/mol. The highest BCUT2D eigenvalue weighted by Crippen LogP contribution is 2.35. The van der Waals surface area contributed by atoms with E-state index >= 15 is 0 Å². The highest BCUT2D eigenvalue weighted by atomic mass is 32.2. The zero-order valence-electron chi connectivity index (χ0n) is 17.1. The van der Waals surface area contributed by atoms with Gasteiger partial charge in [-0.15, -0.1) is 0 Å². The summed E-state index contributed by atoms with van der Waals surface area (Å²) in [5.74, 6) is -0.471. The van der Waals surface area contributed by atoms with E-state index in [2.05, 4.69) is 0 Å². The second-order valence-electron chi connectivity index (χ2n) is 6.99. The van der Waals surface area contributed by atoms with Crippen LogP contribution in [0.4, 0.5) is 0 Å². The van der Waals surface area contributed by atoms with Crippen molar-refractivity contribution in [1.29, 1.82) is 0 Å². The molecule has 4 atom stereocenters. The minimum absolute atomic E-state index is 0.0973. The molecule has 0 amide bonds. The van der Waals surface area contributed by atoms with Gasteiger partial charge in [-0.3, -0.25) is 9.59 Å². The van der Waals surface area contributed by atoms with Crippen LogP contribution in [0.15, 0.2) is 60.7 Å².